The number of pyridine rings is 1. The van der Waals surface area contributed by atoms with Crippen LogP contribution in [0.15, 0.2) is 42.1 Å². The first-order valence-electron chi connectivity index (χ1n) is 5.86. The Labute approximate surface area is 107 Å². The Balaban J connectivity index is 2.84. The summed E-state index contributed by atoms with van der Waals surface area (Å²) in [5.41, 5.74) is 0.165. The van der Waals surface area contributed by atoms with Crippen molar-refractivity contribution in [2.24, 2.45) is 5.41 Å². The van der Waals surface area contributed by atoms with E-state index in [1.54, 1.807) is 6.20 Å². The van der Waals surface area contributed by atoms with Crippen LogP contribution in [0.1, 0.15) is 33.6 Å². The minimum atomic E-state index is -1.05. The molecule has 0 unspecified atom stereocenters. The summed E-state index contributed by atoms with van der Waals surface area (Å²) in [6.07, 6.45) is 5.20. The molecule has 0 aliphatic carbocycles. The van der Waals surface area contributed by atoms with Gasteiger partial charge in [0.1, 0.15) is 5.03 Å². The molecule has 17 heavy (non-hydrogen) atoms. The van der Waals surface area contributed by atoms with E-state index in [9.17, 15) is 4.21 Å². The smallest absolute Gasteiger partial charge is 0.127 e. The highest BCUT2D eigenvalue weighted by molar-refractivity contribution is 7.85. The maximum atomic E-state index is 12.4. The second kappa shape index (κ2) is 6.10. The van der Waals surface area contributed by atoms with Gasteiger partial charge in [-0.1, -0.05) is 32.9 Å². The van der Waals surface area contributed by atoms with Gasteiger partial charge in [0.25, 0.3) is 0 Å². The Morgan fingerprint density at radius 3 is 2.65 bits per heavy atom. The number of hydrogen-bond acceptors (Lipinski definition) is 2. The summed E-state index contributed by atoms with van der Waals surface area (Å²) in [4.78, 5) is 4.18. The maximum absolute atomic E-state index is 12.4. The highest BCUT2D eigenvalue weighted by Gasteiger charge is 2.24. The molecule has 0 aliphatic heterocycles. The molecule has 0 aromatic carbocycles. The first-order valence-corrected chi connectivity index (χ1v) is 7.08. The maximum Gasteiger partial charge on any atom is 0.127 e. The van der Waals surface area contributed by atoms with Gasteiger partial charge in [-0.15, -0.1) is 6.58 Å². The molecule has 0 bridgehead atoms. The lowest BCUT2D eigenvalue weighted by atomic mass is 9.89. The zero-order valence-corrected chi connectivity index (χ0v) is 11.7. The third-order valence-corrected chi connectivity index (χ3v) is 4.03. The van der Waals surface area contributed by atoms with Gasteiger partial charge in [-0.2, -0.15) is 0 Å². The average Bonchev–Trinajstić information content (AvgIpc) is 2.27. The third kappa shape index (κ3) is 4.82. The molecule has 2 atom stereocenters. The van der Waals surface area contributed by atoms with Crippen LogP contribution in [0.25, 0.3) is 0 Å². The number of allylic oxidation sites excluding steroid dienone is 1. The zero-order chi connectivity index (χ0) is 12.9. The Morgan fingerprint density at radius 2 is 2.18 bits per heavy atom. The van der Waals surface area contributed by atoms with E-state index in [1.165, 1.54) is 0 Å². The molecule has 2 nitrogen and oxygen atoms in total. The van der Waals surface area contributed by atoms with E-state index >= 15 is 0 Å². The molecule has 0 saturated heterocycles. The van der Waals surface area contributed by atoms with Crippen LogP contribution >= 0.6 is 0 Å². The monoisotopic (exact) mass is 251 g/mol. The van der Waals surface area contributed by atoms with Gasteiger partial charge in [-0.3, -0.25) is 4.21 Å². The van der Waals surface area contributed by atoms with Gasteiger partial charge >= 0.3 is 0 Å². The van der Waals surface area contributed by atoms with Gasteiger partial charge in [-0.25, -0.2) is 4.98 Å². The summed E-state index contributed by atoms with van der Waals surface area (Å²) in [5.74, 6) is 0. The van der Waals surface area contributed by atoms with Crippen molar-refractivity contribution in [1.82, 2.24) is 4.98 Å². The topological polar surface area (TPSA) is 30.0 Å². The molecule has 0 amide bonds. The summed E-state index contributed by atoms with van der Waals surface area (Å²) >= 11 is 0. The first kappa shape index (κ1) is 14.1. The Morgan fingerprint density at radius 1 is 1.47 bits per heavy atom. The molecule has 1 aromatic heterocycles. The molecule has 0 fully saturated rings. The van der Waals surface area contributed by atoms with Crippen molar-refractivity contribution in [3.05, 3.63) is 37.1 Å². The molecule has 0 saturated carbocycles. The van der Waals surface area contributed by atoms with E-state index in [0.717, 1.165) is 12.8 Å². The van der Waals surface area contributed by atoms with Crippen LogP contribution in [0.5, 0.6) is 0 Å². The van der Waals surface area contributed by atoms with Crippen molar-refractivity contribution in [3.63, 3.8) is 0 Å². The van der Waals surface area contributed by atoms with Crippen LogP contribution in [0.3, 0.4) is 0 Å². The molecule has 1 aromatic rings. The van der Waals surface area contributed by atoms with Crippen molar-refractivity contribution in [2.75, 3.05) is 0 Å². The molecule has 1 heterocycles. The molecule has 0 N–H and O–H groups in total. The largest absolute Gasteiger partial charge is 0.252 e. The van der Waals surface area contributed by atoms with E-state index in [-0.39, 0.29) is 10.7 Å². The van der Waals surface area contributed by atoms with Crippen molar-refractivity contribution in [3.8, 4) is 0 Å². The standard InChI is InChI=1S/C14H21NOS/c1-5-8-12(11-14(2,3)4)17(16)13-9-6-7-10-15-13/h5-7,9-10,12H,1,8,11H2,2-4H3/t12-,17+/m0/s1. The Bertz CT molecular complexity index is 381. The third-order valence-electron chi connectivity index (χ3n) is 2.42. The summed E-state index contributed by atoms with van der Waals surface area (Å²) in [5, 5.41) is 0.769. The summed E-state index contributed by atoms with van der Waals surface area (Å²) in [6, 6.07) is 5.55. The zero-order valence-electron chi connectivity index (χ0n) is 10.8. The van der Waals surface area contributed by atoms with Crippen molar-refractivity contribution in [1.29, 1.82) is 0 Å². The molecule has 0 aliphatic rings. The van der Waals surface area contributed by atoms with Crippen molar-refractivity contribution >= 4 is 10.8 Å². The van der Waals surface area contributed by atoms with Gasteiger partial charge in [0.15, 0.2) is 0 Å². The first-order chi connectivity index (χ1) is 7.94. The second-order valence-electron chi connectivity index (χ2n) is 5.38. The fourth-order valence-electron chi connectivity index (χ4n) is 1.75. The minimum Gasteiger partial charge on any atom is -0.252 e. The van der Waals surface area contributed by atoms with Gasteiger partial charge in [0.2, 0.25) is 0 Å². The molecular formula is C14H21NOS. The summed E-state index contributed by atoms with van der Waals surface area (Å²) in [7, 11) is -1.05. The van der Waals surface area contributed by atoms with E-state index in [0.29, 0.717) is 5.03 Å². The SMILES string of the molecule is C=CC[C@@H](CC(C)(C)C)[S@@](=O)c1ccccn1. The van der Waals surface area contributed by atoms with Crippen LogP contribution < -0.4 is 0 Å². The van der Waals surface area contributed by atoms with Crippen LogP contribution in [0.4, 0.5) is 0 Å². The van der Waals surface area contributed by atoms with Gasteiger partial charge < -0.3 is 0 Å². The van der Waals surface area contributed by atoms with E-state index < -0.39 is 10.8 Å². The summed E-state index contributed by atoms with van der Waals surface area (Å²) in [6.45, 7) is 10.2. The normalized spacial score (nSPS) is 15.2. The van der Waals surface area contributed by atoms with Gasteiger partial charge in [-0.05, 0) is 30.4 Å². The predicted octanol–water partition coefficient (Wildman–Crippen LogP) is 3.57. The van der Waals surface area contributed by atoms with Crippen LogP contribution in [0.2, 0.25) is 0 Å². The van der Waals surface area contributed by atoms with Crippen molar-refractivity contribution in [2.45, 2.75) is 43.9 Å². The molecule has 0 spiro atoms. The molecule has 94 valence electrons. The lowest BCUT2D eigenvalue weighted by molar-refractivity contribution is 0.369. The van der Waals surface area contributed by atoms with Crippen LogP contribution in [-0.2, 0) is 10.8 Å². The van der Waals surface area contributed by atoms with Gasteiger partial charge in [0.05, 0.1) is 10.8 Å². The minimum absolute atomic E-state index is 0.0994. The lowest BCUT2D eigenvalue weighted by Gasteiger charge is -2.24. The van der Waals surface area contributed by atoms with Crippen molar-refractivity contribution < 1.29 is 4.21 Å². The number of hydrogen-bond donors (Lipinski definition) is 0. The number of nitrogens with zero attached hydrogens (tertiary/aromatic N) is 1. The van der Waals surface area contributed by atoms with Crippen LogP contribution in [-0.4, -0.2) is 14.4 Å². The molecular weight excluding hydrogens is 230 g/mol. The highest BCUT2D eigenvalue weighted by atomic mass is 32.2. The van der Waals surface area contributed by atoms with E-state index in [1.807, 2.05) is 24.3 Å². The molecule has 3 heteroatoms. The van der Waals surface area contributed by atoms with E-state index in [2.05, 4.69) is 32.3 Å². The van der Waals surface area contributed by atoms with E-state index in [4.69, 9.17) is 0 Å². The fraction of sp³-hybridized carbons (Fsp3) is 0.500. The van der Waals surface area contributed by atoms with Crippen LogP contribution in [0, 0.1) is 5.41 Å². The number of aromatic nitrogens is 1. The number of rotatable bonds is 5. The quantitative estimate of drug-likeness (QED) is 0.749. The Hall–Kier alpha value is -0.960. The summed E-state index contributed by atoms with van der Waals surface area (Å²) < 4.78 is 12.4. The second-order valence-corrected chi connectivity index (χ2v) is 7.06. The molecule has 1 rings (SSSR count). The fourth-order valence-corrected chi connectivity index (χ4v) is 3.43. The predicted molar refractivity (Wildman–Crippen MR) is 73.3 cm³/mol. The lowest BCUT2D eigenvalue weighted by Crippen LogP contribution is -2.22. The highest BCUT2D eigenvalue weighted by Crippen LogP contribution is 2.27. The Kier molecular flexibility index (Phi) is 5.06. The van der Waals surface area contributed by atoms with Gasteiger partial charge in [0, 0.05) is 11.4 Å². The average molecular weight is 251 g/mol. The molecule has 0 radical (unpaired) electrons.